The molecule has 118 valence electrons. The van der Waals surface area contributed by atoms with Gasteiger partial charge in [0.05, 0.1) is 10.1 Å². The molecule has 5 heteroatoms. The molecular weight excluding hydrogens is 340 g/mol. The first-order valence-corrected chi connectivity index (χ1v) is 8.31. The molecule has 1 aliphatic rings. The van der Waals surface area contributed by atoms with Gasteiger partial charge in [0, 0.05) is 18.2 Å². The molecular formula is C16H22BrF2NO. The quantitative estimate of drug-likeness (QED) is 0.791. The van der Waals surface area contributed by atoms with Crippen LogP contribution in [0, 0.1) is 11.6 Å². The Morgan fingerprint density at radius 2 is 1.95 bits per heavy atom. The molecule has 2 nitrogen and oxygen atoms in total. The van der Waals surface area contributed by atoms with Crippen LogP contribution >= 0.6 is 15.9 Å². The molecule has 0 bridgehead atoms. The van der Waals surface area contributed by atoms with Gasteiger partial charge in [-0.3, -0.25) is 0 Å². The summed E-state index contributed by atoms with van der Waals surface area (Å²) in [6.45, 7) is 2.50. The minimum atomic E-state index is -0.562. The van der Waals surface area contributed by atoms with Crippen LogP contribution in [0.1, 0.15) is 44.6 Å². The molecule has 1 saturated carbocycles. The van der Waals surface area contributed by atoms with E-state index in [9.17, 15) is 8.78 Å². The smallest absolute Gasteiger partial charge is 0.143 e. The van der Waals surface area contributed by atoms with Crippen molar-refractivity contribution in [3.63, 3.8) is 0 Å². The standard InChI is InChI=1S/C16H22BrF2NO/c1-2-21-16(8-4-3-5-9-16)14(20)10-11-13(18)7-6-12(17)15(11)19/h6-7,14H,2-5,8-10,20H2,1H3. The van der Waals surface area contributed by atoms with Gasteiger partial charge in [-0.2, -0.15) is 0 Å². The molecule has 0 spiro atoms. The van der Waals surface area contributed by atoms with Crippen LogP contribution < -0.4 is 5.73 Å². The van der Waals surface area contributed by atoms with E-state index < -0.39 is 23.3 Å². The van der Waals surface area contributed by atoms with Crippen molar-refractivity contribution in [2.24, 2.45) is 5.73 Å². The highest BCUT2D eigenvalue weighted by molar-refractivity contribution is 9.10. The topological polar surface area (TPSA) is 35.2 Å². The third kappa shape index (κ3) is 3.63. The molecule has 0 heterocycles. The zero-order valence-corrected chi connectivity index (χ0v) is 13.9. The van der Waals surface area contributed by atoms with Crippen molar-refractivity contribution < 1.29 is 13.5 Å². The highest BCUT2D eigenvalue weighted by Gasteiger charge is 2.39. The van der Waals surface area contributed by atoms with E-state index in [0.29, 0.717) is 6.61 Å². The maximum Gasteiger partial charge on any atom is 0.143 e. The van der Waals surface area contributed by atoms with Crippen LogP contribution in [0.25, 0.3) is 0 Å². The van der Waals surface area contributed by atoms with Gasteiger partial charge in [-0.15, -0.1) is 0 Å². The fourth-order valence-corrected chi connectivity index (χ4v) is 3.59. The first kappa shape index (κ1) is 16.8. The normalized spacial score (nSPS) is 19.5. The number of hydrogen-bond acceptors (Lipinski definition) is 2. The van der Waals surface area contributed by atoms with Crippen molar-refractivity contribution in [2.75, 3.05) is 6.61 Å². The minimum absolute atomic E-state index is 0.0431. The van der Waals surface area contributed by atoms with Crippen LogP contribution in [-0.4, -0.2) is 18.2 Å². The highest BCUT2D eigenvalue weighted by Crippen LogP contribution is 2.36. The van der Waals surface area contributed by atoms with Crippen molar-refractivity contribution in [3.8, 4) is 0 Å². The van der Waals surface area contributed by atoms with Gasteiger partial charge in [0.15, 0.2) is 0 Å². The lowest BCUT2D eigenvalue weighted by atomic mass is 9.77. The average Bonchev–Trinajstić information content (AvgIpc) is 2.48. The average molecular weight is 362 g/mol. The lowest BCUT2D eigenvalue weighted by molar-refractivity contribution is -0.0819. The number of benzene rings is 1. The van der Waals surface area contributed by atoms with Gasteiger partial charge in [-0.05, 0) is 54.2 Å². The van der Waals surface area contributed by atoms with E-state index in [2.05, 4.69) is 15.9 Å². The summed E-state index contributed by atoms with van der Waals surface area (Å²) in [4.78, 5) is 0. The van der Waals surface area contributed by atoms with E-state index >= 15 is 0 Å². The number of nitrogens with two attached hydrogens (primary N) is 1. The SMILES string of the molecule is CCOC1(C(N)Cc2c(F)ccc(Br)c2F)CCCCC1. The van der Waals surface area contributed by atoms with Crippen molar-refractivity contribution in [2.45, 2.75) is 57.1 Å². The van der Waals surface area contributed by atoms with Crippen molar-refractivity contribution in [3.05, 3.63) is 33.8 Å². The molecule has 0 aliphatic heterocycles. The fraction of sp³-hybridized carbons (Fsp3) is 0.625. The second-order valence-corrected chi connectivity index (χ2v) is 6.55. The van der Waals surface area contributed by atoms with Gasteiger partial charge in [0.2, 0.25) is 0 Å². The molecule has 1 unspecified atom stereocenters. The second kappa shape index (κ2) is 7.16. The van der Waals surface area contributed by atoms with Crippen LogP contribution in [0.5, 0.6) is 0 Å². The maximum atomic E-state index is 14.1. The lowest BCUT2D eigenvalue weighted by Gasteiger charge is -2.41. The zero-order chi connectivity index (χ0) is 15.5. The summed E-state index contributed by atoms with van der Waals surface area (Å²) >= 11 is 3.10. The summed E-state index contributed by atoms with van der Waals surface area (Å²) in [6.07, 6.45) is 5.14. The largest absolute Gasteiger partial charge is 0.374 e. The minimum Gasteiger partial charge on any atom is -0.374 e. The van der Waals surface area contributed by atoms with Gasteiger partial charge < -0.3 is 10.5 Å². The molecule has 2 N–H and O–H groups in total. The lowest BCUT2D eigenvalue weighted by Crippen LogP contribution is -2.52. The van der Waals surface area contributed by atoms with Crippen molar-refractivity contribution in [1.29, 1.82) is 0 Å². The maximum absolute atomic E-state index is 14.1. The Morgan fingerprint density at radius 1 is 1.29 bits per heavy atom. The number of rotatable bonds is 5. The molecule has 0 amide bonds. The Balaban J connectivity index is 2.23. The molecule has 1 aliphatic carbocycles. The van der Waals surface area contributed by atoms with Gasteiger partial charge in [0.25, 0.3) is 0 Å². The van der Waals surface area contributed by atoms with Gasteiger partial charge in [0.1, 0.15) is 11.6 Å². The molecule has 0 aromatic heterocycles. The van der Waals surface area contributed by atoms with E-state index in [-0.39, 0.29) is 16.5 Å². The van der Waals surface area contributed by atoms with E-state index in [4.69, 9.17) is 10.5 Å². The van der Waals surface area contributed by atoms with Crippen molar-refractivity contribution >= 4 is 15.9 Å². The van der Waals surface area contributed by atoms with E-state index in [1.54, 1.807) is 0 Å². The summed E-state index contributed by atoms with van der Waals surface area (Å²) in [5.74, 6) is -1.11. The Labute approximate surface area is 133 Å². The van der Waals surface area contributed by atoms with Gasteiger partial charge in [-0.1, -0.05) is 19.3 Å². The summed E-state index contributed by atoms with van der Waals surface area (Å²) in [7, 11) is 0. The summed E-state index contributed by atoms with van der Waals surface area (Å²) in [6, 6.07) is 2.23. The van der Waals surface area contributed by atoms with Crippen molar-refractivity contribution in [1.82, 2.24) is 0 Å². The monoisotopic (exact) mass is 361 g/mol. The van der Waals surface area contributed by atoms with E-state index in [1.165, 1.54) is 18.6 Å². The Hall–Kier alpha value is -0.520. The molecule has 1 fully saturated rings. The Bertz CT molecular complexity index is 484. The number of hydrogen-bond donors (Lipinski definition) is 1. The van der Waals surface area contributed by atoms with Crippen LogP contribution in [0.2, 0.25) is 0 Å². The molecule has 2 rings (SSSR count). The first-order chi connectivity index (χ1) is 10.00. The van der Waals surface area contributed by atoms with E-state index in [1.807, 2.05) is 6.92 Å². The molecule has 21 heavy (non-hydrogen) atoms. The summed E-state index contributed by atoms with van der Waals surface area (Å²) in [5, 5.41) is 0. The summed E-state index contributed by atoms with van der Waals surface area (Å²) < 4.78 is 34.2. The molecule has 1 aromatic carbocycles. The zero-order valence-electron chi connectivity index (χ0n) is 12.3. The number of ether oxygens (including phenoxy) is 1. The van der Waals surface area contributed by atoms with Gasteiger partial charge >= 0.3 is 0 Å². The number of halogens is 3. The highest BCUT2D eigenvalue weighted by atomic mass is 79.9. The predicted molar refractivity (Wildman–Crippen MR) is 83.2 cm³/mol. The first-order valence-electron chi connectivity index (χ1n) is 7.52. The van der Waals surface area contributed by atoms with Crippen LogP contribution in [0.15, 0.2) is 16.6 Å². The second-order valence-electron chi connectivity index (χ2n) is 5.69. The van der Waals surface area contributed by atoms with Crippen LogP contribution in [-0.2, 0) is 11.2 Å². The van der Waals surface area contributed by atoms with E-state index in [0.717, 1.165) is 25.7 Å². The van der Waals surface area contributed by atoms with Gasteiger partial charge in [-0.25, -0.2) is 8.78 Å². The predicted octanol–water partition coefficient (Wildman–Crippen LogP) is 4.34. The Morgan fingerprint density at radius 3 is 2.57 bits per heavy atom. The van der Waals surface area contributed by atoms with Crippen LogP contribution in [0.3, 0.4) is 0 Å². The molecule has 0 saturated heterocycles. The fourth-order valence-electron chi connectivity index (χ4n) is 3.22. The third-order valence-corrected chi connectivity index (χ3v) is 4.98. The third-order valence-electron chi connectivity index (χ3n) is 4.37. The molecule has 1 aromatic rings. The summed E-state index contributed by atoms with van der Waals surface area (Å²) in [5.41, 5.74) is 5.91. The molecule has 1 atom stereocenters. The van der Waals surface area contributed by atoms with Crippen LogP contribution in [0.4, 0.5) is 8.78 Å². The Kier molecular flexibility index (Phi) is 5.74. The molecule has 0 radical (unpaired) electrons.